The van der Waals surface area contributed by atoms with Gasteiger partial charge in [-0.3, -0.25) is 0 Å². The maximum atomic E-state index is 5.22. The molecule has 0 radical (unpaired) electrons. The summed E-state index contributed by atoms with van der Waals surface area (Å²) in [7, 11) is 1.67. The third kappa shape index (κ3) is 2.54. The molecule has 1 heterocycles. The Labute approximate surface area is 117 Å². The van der Waals surface area contributed by atoms with Crippen molar-refractivity contribution in [3.05, 3.63) is 60.4 Å². The summed E-state index contributed by atoms with van der Waals surface area (Å²) in [6.45, 7) is 0.693. The molecule has 1 aromatic heterocycles. The Kier molecular flexibility index (Phi) is 3.46. The van der Waals surface area contributed by atoms with Crippen molar-refractivity contribution in [3.8, 4) is 5.75 Å². The first-order valence-corrected chi connectivity index (χ1v) is 6.43. The first-order chi connectivity index (χ1) is 9.86. The topological polar surface area (TPSA) is 47.0 Å². The first-order valence-electron chi connectivity index (χ1n) is 6.43. The monoisotopic (exact) mass is 265 g/mol. The highest BCUT2D eigenvalue weighted by Crippen LogP contribution is 2.20. The van der Waals surface area contributed by atoms with Gasteiger partial charge in [0.15, 0.2) is 0 Å². The van der Waals surface area contributed by atoms with Crippen LogP contribution in [0.1, 0.15) is 5.56 Å². The molecule has 4 heteroatoms. The lowest BCUT2D eigenvalue weighted by Crippen LogP contribution is -2.02. The molecular formula is C16H15N3O. The Morgan fingerprint density at radius 1 is 1.05 bits per heavy atom. The molecule has 1 N–H and O–H groups in total. The molecular weight excluding hydrogens is 250 g/mol. The SMILES string of the molecule is COc1cccc(CNc2ncnc3ccccc23)c1. The lowest BCUT2D eigenvalue weighted by Gasteiger charge is -2.09. The smallest absolute Gasteiger partial charge is 0.137 e. The maximum Gasteiger partial charge on any atom is 0.137 e. The molecule has 3 rings (SSSR count). The second-order valence-electron chi connectivity index (χ2n) is 4.44. The molecule has 100 valence electrons. The van der Waals surface area contributed by atoms with Gasteiger partial charge in [-0.05, 0) is 29.8 Å². The third-order valence-electron chi connectivity index (χ3n) is 3.14. The van der Waals surface area contributed by atoms with E-state index in [0.717, 1.165) is 28.0 Å². The minimum atomic E-state index is 0.693. The molecule has 3 aromatic rings. The average molecular weight is 265 g/mol. The number of fused-ring (bicyclic) bond motifs is 1. The Morgan fingerprint density at radius 2 is 1.95 bits per heavy atom. The van der Waals surface area contributed by atoms with Crippen LogP contribution in [0, 0.1) is 0 Å². The zero-order chi connectivity index (χ0) is 13.8. The van der Waals surface area contributed by atoms with E-state index >= 15 is 0 Å². The third-order valence-corrected chi connectivity index (χ3v) is 3.14. The molecule has 0 spiro atoms. The van der Waals surface area contributed by atoms with Crippen LogP contribution in [-0.4, -0.2) is 17.1 Å². The fourth-order valence-corrected chi connectivity index (χ4v) is 2.11. The molecule has 0 fully saturated rings. The maximum absolute atomic E-state index is 5.22. The van der Waals surface area contributed by atoms with Gasteiger partial charge >= 0.3 is 0 Å². The van der Waals surface area contributed by atoms with Gasteiger partial charge in [0, 0.05) is 11.9 Å². The van der Waals surface area contributed by atoms with Crippen molar-refractivity contribution < 1.29 is 4.74 Å². The first kappa shape index (κ1) is 12.4. The van der Waals surface area contributed by atoms with E-state index in [-0.39, 0.29) is 0 Å². The normalized spacial score (nSPS) is 10.4. The van der Waals surface area contributed by atoms with E-state index in [2.05, 4.69) is 21.4 Å². The second-order valence-corrected chi connectivity index (χ2v) is 4.44. The molecule has 0 saturated heterocycles. The van der Waals surface area contributed by atoms with E-state index in [1.807, 2.05) is 42.5 Å². The molecule has 0 amide bonds. The number of aromatic nitrogens is 2. The van der Waals surface area contributed by atoms with Crippen molar-refractivity contribution in [2.24, 2.45) is 0 Å². The number of nitrogens with zero attached hydrogens (tertiary/aromatic N) is 2. The van der Waals surface area contributed by atoms with E-state index in [1.165, 1.54) is 0 Å². The van der Waals surface area contributed by atoms with Gasteiger partial charge in [-0.15, -0.1) is 0 Å². The zero-order valence-electron chi connectivity index (χ0n) is 11.2. The Bertz CT molecular complexity index is 722. The van der Waals surface area contributed by atoms with Crippen molar-refractivity contribution >= 4 is 16.7 Å². The molecule has 0 aliphatic carbocycles. The van der Waals surface area contributed by atoms with Crippen LogP contribution in [0.4, 0.5) is 5.82 Å². The molecule has 4 nitrogen and oxygen atoms in total. The summed E-state index contributed by atoms with van der Waals surface area (Å²) >= 11 is 0. The van der Waals surface area contributed by atoms with Crippen LogP contribution in [-0.2, 0) is 6.54 Å². The Morgan fingerprint density at radius 3 is 2.85 bits per heavy atom. The number of hydrogen-bond donors (Lipinski definition) is 1. The lowest BCUT2D eigenvalue weighted by molar-refractivity contribution is 0.414. The van der Waals surface area contributed by atoms with E-state index < -0.39 is 0 Å². The molecule has 0 saturated carbocycles. The predicted molar refractivity (Wildman–Crippen MR) is 79.9 cm³/mol. The molecule has 0 aliphatic rings. The van der Waals surface area contributed by atoms with Crippen molar-refractivity contribution in [2.45, 2.75) is 6.54 Å². The number of rotatable bonds is 4. The standard InChI is InChI=1S/C16H15N3O/c1-20-13-6-4-5-12(9-13)10-17-16-14-7-2-3-8-15(14)18-11-19-16/h2-9,11H,10H2,1H3,(H,17,18,19). The highest BCUT2D eigenvalue weighted by atomic mass is 16.5. The molecule has 20 heavy (non-hydrogen) atoms. The molecule has 0 bridgehead atoms. The summed E-state index contributed by atoms with van der Waals surface area (Å²) in [4.78, 5) is 8.56. The van der Waals surface area contributed by atoms with Crippen molar-refractivity contribution in [3.63, 3.8) is 0 Å². The number of anilines is 1. The molecule has 0 atom stereocenters. The minimum Gasteiger partial charge on any atom is -0.497 e. The molecule has 2 aromatic carbocycles. The average Bonchev–Trinajstić information content (AvgIpc) is 2.53. The zero-order valence-corrected chi connectivity index (χ0v) is 11.2. The summed E-state index contributed by atoms with van der Waals surface area (Å²) in [6, 6.07) is 15.9. The van der Waals surface area contributed by atoms with Gasteiger partial charge in [-0.25, -0.2) is 9.97 Å². The van der Waals surface area contributed by atoms with Crippen LogP contribution in [0.3, 0.4) is 0 Å². The van der Waals surface area contributed by atoms with Crippen molar-refractivity contribution in [1.29, 1.82) is 0 Å². The number of hydrogen-bond acceptors (Lipinski definition) is 4. The van der Waals surface area contributed by atoms with Gasteiger partial charge in [-0.2, -0.15) is 0 Å². The van der Waals surface area contributed by atoms with Crippen LogP contribution < -0.4 is 10.1 Å². The number of methoxy groups -OCH3 is 1. The van der Waals surface area contributed by atoms with Gasteiger partial charge in [-0.1, -0.05) is 24.3 Å². The fraction of sp³-hybridized carbons (Fsp3) is 0.125. The number of nitrogens with one attached hydrogen (secondary N) is 1. The number of para-hydroxylation sites is 1. The molecule has 0 unspecified atom stereocenters. The molecule has 0 aliphatic heterocycles. The van der Waals surface area contributed by atoms with Crippen LogP contribution >= 0.6 is 0 Å². The summed E-state index contributed by atoms with van der Waals surface area (Å²) in [5.41, 5.74) is 2.09. The summed E-state index contributed by atoms with van der Waals surface area (Å²) in [6.07, 6.45) is 1.58. The van der Waals surface area contributed by atoms with Gasteiger partial charge in [0.2, 0.25) is 0 Å². The van der Waals surface area contributed by atoms with Gasteiger partial charge in [0.25, 0.3) is 0 Å². The van der Waals surface area contributed by atoms with Gasteiger partial charge in [0.1, 0.15) is 17.9 Å². The largest absolute Gasteiger partial charge is 0.497 e. The number of ether oxygens (including phenoxy) is 1. The Balaban J connectivity index is 1.83. The van der Waals surface area contributed by atoms with Crippen LogP contribution in [0.5, 0.6) is 5.75 Å². The van der Waals surface area contributed by atoms with E-state index in [1.54, 1.807) is 13.4 Å². The fourth-order valence-electron chi connectivity index (χ4n) is 2.11. The van der Waals surface area contributed by atoms with Crippen molar-refractivity contribution in [1.82, 2.24) is 9.97 Å². The summed E-state index contributed by atoms with van der Waals surface area (Å²) in [5, 5.41) is 4.37. The highest BCUT2D eigenvalue weighted by Gasteiger charge is 2.02. The van der Waals surface area contributed by atoms with E-state index in [4.69, 9.17) is 4.74 Å². The van der Waals surface area contributed by atoms with Crippen LogP contribution in [0.25, 0.3) is 10.9 Å². The second kappa shape index (κ2) is 5.57. The van der Waals surface area contributed by atoms with E-state index in [0.29, 0.717) is 6.54 Å². The summed E-state index contributed by atoms with van der Waals surface area (Å²) in [5.74, 6) is 1.70. The quantitative estimate of drug-likeness (QED) is 0.786. The lowest BCUT2D eigenvalue weighted by atomic mass is 10.2. The number of benzene rings is 2. The summed E-state index contributed by atoms with van der Waals surface area (Å²) < 4.78 is 5.22. The van der Waals surface area contributed by atoms with Gasteiger partial charge in [0.05, 0.1) is 12.6 Å². The highest BCUT2D eigenvalue weighted by molar-refractivity contribution is 5.88. The van der Waals surface area contributed by atoms with E-state index in [9.17, 15) is 0 Å². The van der Waals surface area contributed by atoms with Crippen LogP contribution in [0.15, 0.2) is 54.9 Å². The predicted octanol–water partition coefficient (Wildman–Crippen LogP) is 3.25. The van der Waals surface area contributed by atoms with Crippen molar-refractivity contribution in [2.75, 3.05) is 12.4 Å². The minimum absolute atomic E-state index is 0.693. The van der Waals surface area contributed by atoms with Crippen LogP contribution in [0.2, 0.25) is 0 Å². The van der Waals surface area contributed by atoms with Gasteiger partial charge < -0.3 is 10.1 Å². The Hall–Kier alpha value is -2.62.